The van der Waals surface area contributed by atoms with E-state index in [1.54, 1.807) is 12.1 Å². The van der Waals surface area contributed by atoms with Gasteiger partial charge in [-0.25, -0.2) is 4.39 Å². The molecule has 0 aliphatic heterocycles. The van der Waals surface area contributed by atoms with Crippen molar-refractivity contribution in [1.29, 1.82) is 0 Å². The fourth-order valence-electron chi connectivity index (χ4n) is 1.49. The van der Waals surface area contributed by atoms with Crippen LogP contribution in [0.4, 0.5) is 10.1 Å². The third-order valence-electron chi connectivity index (χ3n) is 2.25. The van der Waals surface area contributed by atoms with Crippen LogP contribution in [-0.4, -0.2) is 18.5 Å². The van der Waals surface area contributed by atoms with Crippen LogP contribution in [0.2, 0.25) is 0 Å². The number of anilines is 1. The smallest absolute Gasteiger partial charge is 0.226 e. The largest absolute Gasteiger partial charge is 0.324 e. The second kappa shape index (κ2) is 6.71. The van der Waals surface area contributed by atoms with Crippen LogP contribution in [0.15, 0.2) is 22.7 Å². The van der Waals surface area contributed by atoms with Crippen molar-refractivity contribution in [1.82, 2.24) is 5.32 Å². The quantitative estimate of drug-likeness (QED) is 0.878. The first-order chi connectivity index (χ1) is 8.02. The van der Waals surface area contributed by atoms with Gasteiger partial charge in [-0.3, -0.25) is 4.79 Å². The Balaban J connectivity index is 2.58. The van der Waals surface area contributed by atoms with Crippen LogP contribution in [0.5, 0.6) is 0 Å². The molecule has 0 radical (unpaired) electrons. The normalized spacial score (nSPS) is 12.2. The maximum Gasteiger partial charge on any atom is 0.226 e. The fraction of sp³-hybridized carbons (Fsp3) is 0.417. The van der Waals surface area contributed by atoms with E-state index >= 15 is 0 Å². The molecule has 1 aromatic rings. The van der Waals surface area contributed by atoms with E-state index in [1.165, 1.54) is 6.07 Å². The first kappa shape index (κ1) is 14.1. The third kappa shape index (κ3) is 4.83. The average Bonchev–Trinajstić information content (AvgIpc) is 2.23. The molecule has 0 bridgehead atoms. The molecule has 1 amide bonds. The minimum absolute atomic E-state index is 0.0789. The zero-order valence-electron chi connectivity index (χ0n) is 9.89. The molecular weight excluding hydrogens is 287 g/mol. The molecule has 17 heavy (non-hydrogen) atoms. The molecule has 0 aromatic heterocycles. The van der Waals surface area contributed by atoms with Crippen LogP contribution in [0.1, 0.15) is 20.3 Å². The number of amides is 1. The third-order valence-corrected chi connectivity index (χ3v) is 2.74. The molecule has 5 heteroatoms. The molecule has 2 N–H and O–H groups in total. The molecule has 0 heterocycles. The van der Waals surface area contributed by atoms with Gasteiger partial charge >= 0.3 is 0 Å². The molecule has 0 aliphatic rings. The lowest BCUT2D eigenvalue weighted by molar-refractivity contribution is -0.116. The van der Waals surface area contributed by atoms with E-state index < -0.39 is 5.82 Å². The van der Waals surface area contributed by atoms with E-state index in [2.05, 4.69) is 26.6 Å². The van der Waals surface area contributed by atoms with E-state index in [1.807, 2.05) is 13.8 Å². The number of carbonyl (C=O) groups is 1. The van der Waals surface area contributed by atoms with Gasteiger partial charge < -0.3 is 10.6 Å². The van der Waals surface area contributed by atoms with Gasteiger partial charge in [-0.2, -0.15) is 0 Å². The molecule has 0 spiro atoms. The summed E-state index contributed by atoms with van der Waals surface area (Å²) in [7, 11) is 0. The lowest BCUT2D eigenvalue weighted by Gasteiger charge is -2.12. The Kier molecular flexibility index (Phi) is 5.58. The van der Waals surface area contributed by atoms with Gasteiger partial charge in [0.25, 0.3) is 0 Å². The zero-order valence-corrected chi connectivity index (χ0v) is 11.5. The Morgan fingerprint density at radius 3 is 2.88 bits per heavy atom. The van der Waals surface area contributed by atoms with E-state index in [4.69, 9.17) is 0 Å². The predicted molar refractivity (Wildman–Crippen MR) is 70.5 cm³/mol. The Labute approximate surface area is 109 Å². The van der Waals surface area contributed by atoms with Crippen molar-refractivity contribution in [2.75, 3.05) is 11.9 Å². The highest BCUT2D eigenvalue weighted by molar-refractivity contribution is 9.10. The van der Waals surface area contributed by atoms with Crippen LogP contribution in [0.3, 0.4) is 0 Å². The number of hydrogen-bond donors (Lipinski definition) is 2. The highest BCUT2D eigenvalue weighted by Gasteiger charge is 2.10. The molecule has 0 aliphatic carbocycles. The topological polar surface area (TPSA) is 41.1 Å². The number of carbonyl (C=O) groups excluding carboxylic acids is 1. The second-order valence-corrected chi connectivity index (χ2v) is 4.75. The minimum Gasteiger partial charge on any atom is -0.324 e. The molecule has 3 nitrogen and oxygen atoms in total. The monoisotopic (exact) mass is 302 g/mol. The zero-order chi connectivity index (χ0) is 12.8. The van der Waals surface area contributed by atoms with Crippen molar-refractivity contribution in [2.45, 2.75) is 26.3 Å². The Bertz CT molecular complexity index is 398. The Hall–Kier alpha value is -0.940. The number of halogens is 2. The molecule has 1 rings (SSSR count). The highest BCUT2D eigenvalue weighted by Crippen LogP contribution is 2.20. The standard InChI is InChI=1S/C12H16BrFN2O/c1-3-15-8(2)6-12(17)16-11-7-9(13)4-5-10(11)14/h4-5,7-8,15H,3,6H2,1-2H3,(H,16,17). The average molecular weight is 303 g/mol. The van der Waals surface area contributed by atoms with E-state index in [0.717, 1.165) is 11.0 Å². The van der Waals surface area contributed by atoms with Crippen LogP contribution < -0.4 is 10.6 Å². The molecule has 1 aromatic carbocycles. The van der Waals surface area contributed by atoms with Crippen molar-refractivity contribution in [2.24, 2.45) is 0 Å². The number of benzene rings is 1. The maximum absolute atomic E-state index is 13.4. The van der Waals surface area contributed by atoms with Gasteiger partial charge in [0.15, 0.2) is 0 Å². The van der Waals surface area contributed by atoms with Crippen LogP contribution in [0.25, 0.3) is 0 Å². The second-order valence-electron chi connectivity index (χ2n) is 3.84. The molecule has 94 valence electrons. The summed E-state index contributed by atoms with van der Waals surface area (Å²) in [6, 6.07) is 4.53. The molecule has 1 atom stereocenters. The van der Waals surface area contributed by atoms with Gasteiger partial charge in [0.2, 0.25) is 5.91 Å². The SMILES string of the molecule is CCNC(C)CC(=O)Nc1cc(Br)ccc1F. The van der Waals surface area contributed by atoms with Crippen molar-refractivity contribution in [3.63, 3.8) is 0 Å². The highest BCUT2D eigenvalue weighted by atomic mass is 79.9. The van der Waals surface area contributed by atoms with Crippen LogP contribution >= 0.6 is 15.9 Å². The summed E-state index contributed by atoms with van der Waals surface area (Å²) >= 11 is 3.23. The Morgan fingerprint density at radius 2 is 2.24 bits per heavy atom. The van der Waals surface area contributed by atoms with Crippen molar-refractivity contribution in [3.8, 4) is 0 Å². The van der Waals surface area contributed by atoms with Gasteiger partial charge in [0.05, 0.1) is 5.69 Å². The van der Waals surface area contributed by atoms with E-state index in [0.29, 0.717) is 6.42 Å². The molecular formula is C12H16BrFN2O. The lowest BCUT2D eigenvalue weighted by atomic mass is 10.2. The van der Waals surface area contributed by atoms with Gasteiger partial charge in [-0.15, -0.1) is 0 Å². The van der Waals surface area contributed by atoms with Crippen molar-refractivity contribution in [3.05, 3.63) is 28.5 Å². The van der Waals surface area contributed by atoms with Gasteiger partial charge in [-0.1, -0.05) is 22.9 Å². The number of rotatable bonds is 5. The summed E-state index contributed by atoms with van der Waals surface area (Å²) in [5.74, 6) is -0.631. The molecule has 0 saturated heterocycles. The summed E-state index contributed by atoms with van der Waals surface area (Å²) in [6.45, 7) is 4.70. The van der Waals surface area contributed by atoms with Crippen LogP contribution in [-0.2, 0) is 4.79 Å². The summed E-state index contributed by atoms with van der Waals surface area (Å²) < 4.78 is 14.1. The maximum atomic E-state index is 13.4. The fourth-order valence-corrected chi connectivity index (χ4v) is 1.85. The first-order valence-corrected chi connectivity index (χ1v) is 6.30. The summed E-state index contributed by atoms with van der Waals surface area (Å²) in [6.07, 6.45) is 0.319. The van der Waals surface area contributed by atoms with Gasteiger partial charge in [0.1, 0.15) is 5.82 Å². The summed E-state index contributed by atoms with van der Waals surface area (Å²) in [5.41, 5.74) is 0.202. The molecule has 1 unspecified atom stereocenters. The first-order valence-electron chi connectivity index (χ1n) is 5.51. The van der Waals surface area contributed by atoms with Crippen LogP contribution in [0, 0.1) is 5.82 Å². The molecule has 0 fully saturated rings. The van der Waals surface area contributed by atoms with Gasteiger partial charge in [0, 0.05) is 16.9 Å². The van der Waals surface area contributed by atoms with Crippen molar-refractivity contribution >= 4 is 27.5 Å². The molecule has 0 saturated carbocycles. The van der Waals surface area contributed by atoms with Crippen molar-refractivity contribution < 1.29 is 9.18 Å². The lowest BCUT2D eigenvalue weighted by Crippen LogP contribution is -2.30. The summed E-state index contributed by atoms with van der Waals surface area (Å²) in [4.78, 5) is 11.6. The summed E-state index contributed by atoms with van der Waals surface area (Å²) in [5, 5.41) is 5.68. The minimum atomic E-state index is -0.433. The van der Waals surface area contributed by atoms with Gasteiger partial charge in [-0.05, 0) is 31.7 Å². The predicted octanol–water partition coefficient (Wildman–Crippen LogP) is 2.91. The van der Waals surface area contributed by atoms with E-state index in [9.17, 15) is 9.18 Å². The van der Waals surface area contributed by atoms with E-state index in [-0.39, 0.29) is 17.6 Å². The number of hydrogen-bond acceptors (Lipinski definition) is 2. The Morgan fingerprint density at radius 1 is 1.53 bits per heavy atom. The number of nitrogens with one attached hydrogen (secondary N) is 2.